The van der Waals surface area contributed by atoms with Gasteiger partial charge < -0.3 is 14.8 Å². The number of thioether (sulfide) groups is 1. The number of hydrogen-bond donors (Lipinski definition) is 2. The van der Waals surface area contributed by atoms with Crippen LogP contribution in [0.2, 0.25) is 0 Å². The quantitative estimate of drug-likeness (QED) is 0.861. The third-order valence-electron chi connectivity index (χ3n) is 3.36. The van der Waals surface area contributed by atoms with Gasteiger partial charge in [0.25, 0.3) is 5.91 Å². The van der Waals surface area contributed by atoms with Crippen LogP contribution in [0.5, 0.6) is 0 Å². The van der Waals surface area contributed by atoms with E-state index >= 15 is 0 Å². The molecule has 0 aliphatic heterocycles. The monoisotopic (exact) mass is 305 g/mol. The molecule has 112 valence electrons. The lowest BCUT2D eigenvalue weighted by Crippen LogP contribution is -2.41. The van der Waals surface area contributed by atoms with Gasteiger partial charge in [-0.3, -0.25) is 4.79 Å². The summed E-state index contributed by atoms with van der Waals surface area (Å²) in [4.78, 5) is 12.4. The zero-order valence-corrected chi connectivity index (χ0v) is 12.9. The highest BCUT2D eigenvalue weighted by atomic mass is 32.2. The minimum atomic E-state index is -0.265. The molecule has 1 amide bonds. The smallest absolute Gasteiger partial charge is 0.287 e. The summed E-state index contributed by atoms with van der Waals surface area (Å²) in [7, 11) is 0. The number of benzene rings is 1. The maximum Gasteiger partial charge on any atom is 0.287 e. The highest BCUT2D eigenvalue weighted by molar-refractivity contribution is 7.99. The van der Waals surface area contributed by atoms with Crippen LogP contribution in [-0.4, -0.2) is 35.2 Å². The van der Waals surface area contributed by atoms with Crippen molar-refractivity contribution < 1.29 is 14.3 Å². The molecule has 0 aliphatic carbocycles. The summed E-state index contributed by atoms with van der Waals surface area (Å²) >= 11 is 1.52. The highest BCUT2D eigenvalue weighted by Crippen LogP contribution is 2.24. The summed E-state index contributed by atoms with van der Waals surface area (Å²) in [6.07, 6.45) is 3.42. The minimum Gasteiger partial charge on any atom is -0.459 e. The van der Waals surface area contributed by atoms with Crippen LogP contribution in [0.1, 0.15) is 17.5 Å². The second-order valence-electron chi connectivity index (χ2n) is 4.75. The van der Waals surface area contributed by atoms with Gasteiger partial charge in [0.05, 0.1) is 12.9 Å². The molecule has 2 rings (SSSR count). The fourth-order valence-electron chi connectivity index (χ4n) is 2.13. The Bertz CT molecular complexity index is 578. The van der Waals surface area contributed by atoms with E-state index in [9.17, 15) is 9.90 Å². The van der Waals surface area contributed by atoms with Gasteiger partial charge in [0, 0.05) is 16.9 Å². The van der Waals surface area contributed by atoms with E-state index in [1.807, 2.05) is 43.5 Å². The summed E-state index contributed by atoms with van der Waals surface area (Å²) in [6, 6.07) is 11.3. The Morgan fingerprint density at radius 2 is 2.05 bits per heavy atom. The zero-order chi connectivity index (χ0) is 15.2. The van der Waals surface area contributed by atoms with Gasteiger partial charge in [0.2, 0.25) is 0 Å². The van der Waals surface area contributed by atoms with Gasteiger partial charge in [-0.2, -0.15) is 11.8 Å². The number of amides is 1. The average Bonchev–Trinajstić information content (AvgIpc) is 2.99. The molecule has 0 unspecified atom stereocenters. The molecule has 4 nitrogen and oxygen atoms in total. The van der Waals surface area contributed by atoms with Crippen molar-refractivity contribution in [2.75, 3.05) is 12.9 Å². The van der Waals surface area contributed by atoms with Crippen LogP contribution in [0.15, 0.2) is 47.1 Å². The Kier molecular flexibility index (Phi) is 5.47. The third kappa shape index (κ3) is 3.68. The second kappa shape index (κ2) is 7.33. The van der Waals surface area contributed by atoms with Crippen LogP contribution >= 0.6 is 11.8 Å². The molecule has 1 aromatic heterocycles. The molecule has 21 heavy (non-hydrogen) atoms. The van der Waals surface area contributed by atoms with Crippen molar-refractivity contribution in [1.82, 2.24) is 5.32 Å². The van der Waals surface area contributed by atoms with Crippen molar-refractivity contribution in [3.63, 3.8) is 0 Å². The second-order valence-corrected chi connectivity index (χ2v) is 5.83. The summed E-state index contributed by atoms with van der Waals surface area (Å²) in [5.74, 6) is 0.0321. The lowest BCUT2D eigenvalue weighted by Gasteiger charge is -2.20. The molecule has 1 aromatic carbocycles. The summed E-state index contributed by atoms with van der Waals surface area (Å²) < 4.78 is 5.35. The Morgan fingerprint density at radius 1 is 1.33 bits per heavy atom. The molecule has 1 heterocycles. The van der Waals surface area contributed by atoms with E-state index in [2.05, 4.69) is 5.32 Å². The molecule has 2 atom stereocenters. The summed E-state index contributed by atoms with van der Waals surface area (Å²) in [5, 5.41) is 12.1. The van der Waals surface area contributed by atoms with Gasteiger partial charge >= 0.3 is 0 Å². The predicted octanol–water partition coefficient (Wildman–Crippen LogP) is 2.79. The topological polar surface area (TPSA) is 62.5 Å². The van der Waals surface area contributed by atoms with Crippen molar-refractivity contribution in [1.29, 1.82) is 0 Å². The number of aliphatic hydroxyl groups excluding tert-OH is 1. The summed E-state index contributed by atoms with van der Waals surface area (Å²) in [5.41, 5.74) is 1.71. The van der Waals surface area contributed by atoms with E-state index in [1.165, 1.54) is 18.0 Å². The molecule has 0 aliphatic rings. The zero-order valence-electron chi connectivity index (χ0n) is 12.1. The normalized spacial score (nSPS) is 13.7. The van der Waals surface area contributed by atoms with Crippen molar-refractivity contribution in [2.45, 2.75) is 18.2 Å². The molecule has 0 fully saturated rings. The predicted molar refractivity (Wildman–Crippen MR) is 85.5 cm³/mol. The molecule has 2 N–H and O–H groups in total. The molecule has 0 spiro atoms. The fourth-order valence-corrected chi connectivity index (χ4v) is 2.76. The first-order valence-electron chi connectivity index (χ1n) is 6.74. The standard InChI is InChI=1S/C16H19NO3S/c1-11(14(10-18)21-2)17-16(19)15-13(8-9-20-15)12-6-4-3-5-7-12/h3-9,11,14,18H,10H2,1-2H3,(H,17,19)/t11-,14+/m1/s1. The number of furan rings is 1. The number of carbonyl (C=O) groups is 1. The maximum atomic E-state index is 12.4. The van der Waals surface area contributed by atoms with Gasteiger partial charge in [-0.15, -0.1) is 0 Å². The third-order valence-corrected chi connectivity index (χ3v) is 4.52. The molecular weight excluding hydrogens is 286 g/mol. The minimum absolute atomic E-state index is 0.0201. The maximum absolute atomic E-state index is 12.4. The number of aliphatic hydroxyl groups is 1. The molecule has 0 saturated carbocycles. The lowest BCUT2D eigenvalue weighted by atomic mass is 10.1. The molecule has 0 bridgehead atoms. The van der Waals surface area contributed by atoms with Gasteiger partial charge in [-0.05, 0) is 24.8 Å². The Balaban J connectivity index is 2.16. The molecule has 0 radical (unpaired) electrons. The van der Waals surface area contributed by atoms with Crippen molar-refractivity contribution in [3.05, 3.63) is 48.4 Å². The SMILES string of the molecule is CS[C@@H](CO)[C@@H](C)NC(=O)c1occc1-c1ccccc1. The first-order valence-corrected chi connectivity index (χ1v) is 8.03. The van der Waals surface area contributed by atoms with Crippen molar-refractivity contribution >= 4 is 17.7 Å². The Labute approximate surface area is 128 Å². The van der Waals surface area contributed by atoms with E-state index in [-0.39, 0.29) is 23.8 Å². The van der Waals surface area contributed by atoms with E-state index in [4.69, 9.17) is 4.42 Å². The van der Waals surface area contributed by atoms with Gasteiger partial charge in [-0.25, -0.2) is 0 Å². The molecule has 2 aromatic rings. The highest BCUT2D eigenvalue weighted by Gasteiger charge is 2.22. The van der Waals surface area contributed by atoms with Gasteiger partial charge in [0.15, 0.2) is 5.76 Å². The first-order chi connectivity index (χ1) is 10.2. The van der Waals surface area contributed by atoms with Crippen LogP contribution in [-0.2, 0) is 0 Å². The van der Waals surface area contributed by atoms with Crippen molar-refractivity contribution in [3.8, 4) is 11.1 Å². The van der Waals surface area contributed by atoms with Crippen LogP contribution in [0.3, 0.4) is 0 Å². The molecular formula is C16H19NO3S. The average molecular weight is 305 g/mol. The van der Waals surface area contributed by atoms with Crippen molar-refractivity contribution in [2.24, 2.45) is 0 Å². The molecule has 5 heteroatoms. The number of carbonyl (C=O) groups excluding carboxylic acids is 1. The fraction of sp³-hybridized carbons (Fsp3) is 0.312. The van der Waals surface area contributed by atoms with Crippen LogP contribution in [0.4, 0.5) is 0 Å². The van der Waals surface area contributed by atoms with Crippen LogP contribution in [0, 0.1) is 0 Å². The van der Waals surface area contributed by atoms with E-state index < -0.39 is 0 Å². The Morgan fingerprint density at radius 3 is 2.67 bits per heavy atom. The number of nitrogens with one attached hydrogen (secondary N) is 1. The summed E-state index contributed by atoms with van der Waals surface area (Å²) in [6.45, 7) is 1.90. The lowest BCUT2D eigenvalue weighted by molar-refractivity contribution is 0.0909. The first kappa shape index (κ1) is 15.7. The van der Waals surface area contributed by atoms with Crippen LogP contribution in [0.25, 0.3) is 11.1 Å². The van der Waals surface area contributed by atoms with E-state index in [1.54, 1.807) is 6.07 Å². The number of rotatable bonds is 6. The van der Waals surface area contributed by atoms with E-state index in [0.29, 0.717) is 5.76 Å². The largest absolute Gasteiger partial charge is 0.459 e. The van der Waals surface area contributed by atoms with E-state index in [0.717, 1.165) is 11.1 Å². The van der Waals surface area contributed by atoms with Gasteiger partial charge in [-0.1, -0.05) is 30.3 Å². The van der Waals surface area contributed by atoms with Gasteiger partial charge in [0.1, 0.15) is 0 Å². The molecule has 0 saturated heterocycles. The Hall–Kier alpha value is -1.72. The number of hydrogen-bond acceptors (Lipinski definition) is 4. The van der Waals surface area contributed by atoms with Crippen LogP contribution < -0.4 is 5.32 Å².